The van der Waals surface area contributed by atoms with Crippen LogP contribution in [-0.4, -0.2) is 56.2 Å². The van der Waals surface area contributed by atoms with Crippen LogP contribution in [0.4, 0.5) is 0 Å². The molecule has 2 aromatic carbocycles. The van der Waals surface area contributed by atoms with Gasteiger partial charge in [0.1, 0.15) is 0 Å². The van der Waals surface area contributed by atoms with Crippen LogP contribution in [-0.2, 0) is 23.8 Å². The van der Waals surface area contributed by atoms with E-state index in [4.69, 9.17) is 9.47 Å². The molecule has 1 aliphatic rings. The highest BCUT2D eigenvalue weighted by Crippen LogP contribution is 2.21. The number of hydrogen-bond donors (Lipinski definition) is 0. The molecule has 7 heteroatoms. The largest absolute Gasteiger partial charge is 0.465 e. The number of ether oxygens (including phenoxy) is 3. The van der Waals surface area contributed by atoms with Crippen LogP contribution in [0.25, 0.3) is 6.08 Å². The van der Waals surface area contributed by atoms with Gasteiger partial charge in [-0.1, -0.05) is 42.5 Å². The summed E-state index contributed by atoms with van der Waals surface area (Å²) in [5.74, 6) is -1.34. The summed E-state index contributed by atoms with van der Waals surface area (Å²) in [4.78, 5) is 38.5. The monoisotopic (exact) mass is 409 g/mol. The molecule has 0 radical (unpaired) electrons. The van der Waals surface area contributed by atoms with Gasteiger partial charge in [-0.05, 0) is 23.8 Å². The molecule has 1 heterocycles. The predicted octanol–water partition coefficient (Wildman–Crippen LogP) is 2.63. The summed E-state index contributed by atoms with van der Waals surface area (Å²) in [6.07, 6.45) is 1.79. The van der Waals surface area contributed by atoms with Crippen molar-refractivity contribution in [3.8, 4) is 0 Å². The zero-order valence-corrected chi connectivity index (χ0v) is 16.7. The fourth-order valence-electron chi connectivity index (χ4n) is 3.01. The van der Waals surface area contributed by atoms with E-state index in [1.54, 1.807) is 59.5 Å². The fourth-order valence-corrected chi connectivity index (χ4v) is 3.01. The van der Waals surface area contributed by atoms with Crippen LogP contribution in [0.15, 0.2) is 60.7 Å². The number of carbonyl (C=O) groups is 3. The number of nitrogens with zero attached hydrogens (tertiary/aromatic N) is 1. The van der Waals surface area contributed by atoms with Gasteiger partial charge in [-0.25, -0.2) is 9.59 Å². The molecule has 0 aliphatic carbocycles. The van der Waals surface area contributed by atoms with Crippen molar-refractivity contribution >= 4 is 23.9 Å². The van der Waals surface area contributed by atoms with Gasteiger partial charge in [0.25, 0.3) is 5.91 Å². The van der Waals surface area contributed by atoms with E-state index < -0.39 is 18.0 Å². The Bertz CT molecular complexity index is 901. The quantitative estimate of drug-likeness (QED) is 0.539. The Morgan fingerprint density at radius 1 is 1.00 bits per heavy atom. The van der Waals surface area contributed by atoms with E-state index in [0.29, 0.717) is 43.0 Å². The van der Waals surface area contributed by atoms with Crippen molar-refractivity contribution in [1.29, 1.82) is 0 Å². The Morgan fingerprint density at radius 3 is 2.30 bits per heavy atom. The number of esters is 2. The smallest absolute Gasteiger partial charge is 0.337 e. The van der Waals surface area contributed by atoms with Crippen molar-refractivity contribution in [3.63, 3.8) is 0 Å². The van der Waals surface area contributed by atoms with Crippen LogP contribution in [0.5, 0.6) is 0 Å². The number of hydrogen-bond acceptors (Lipinski definition) is 6. The molecule has 1 amide bonds. The van der Waals surface area contributed by atoms with E-state index >= 15 is 0 Å². The Labute approximate surface area is 174 Å². The molecule has 7 nitrogen and oxygen atoms in total. The Kier molecular flexibility index (Phi) is 7.34. The van der Waals surface area contributed by atoms with Crippen molar-refractivity contribution in [2.75, 3.05) is 33.4 Å². The molecule has 1 aliphatic heterocycles. The lowest BCUT2D eigenvalue weighted by atomic mass is 10.1. The Balaban J connectivity index is 1.70. The molecule has 1 saturated heterocycles. The Hall–Kier alpha value is -3.45. The van der Waals surface area contributed by atoms with E-state index in [-0.39, 0.29) is 5.91 Å². The maximum Gasteiger partial charge on any atom is 0.337 e. The SMILES string of the molecule is COC(=O)c1ccc(/C=C/C(=O)O[C@H](C(=O)N2CCOCC2)c2ccccc2)cc1. The van der Waals surface area contributed by atoms with Crippen molar-refractivity contribution in [2.45, 2.75) is 6.10 Å². The van der Waals surface area contributed by atoms with Gasteiger partial charge in [-0.2, -0.15) is 0 Å². The number of methoxy groups -OCH3 is 1. The average Bonchev–Trinajstić information content (AvgIpc) is 2.81. The maximum atomic E-state index is 13.0. The zero-order chi connectivity index (χ0) is 21.3. The number of rotatable bonds is 6. The number of benzene rings is 2. The Morgan fingerprint density at radius 2 is 1.67 bits per heavy atom. The van der Waals surface area contributed by atoms with E-state index in [2.05, 4.69) is 4.74 Å². The topological polar surface area (TPSA) is 82.1 Å². The van der Waals surface area contributed by atoms with Crippen LogP contribution >= 0.6 is 0 Å². The second-order valence-electron chi connectivity index (χ2n) is 6.61. The maximum absolute atomic E-state index is 13.0. The molecule has 1 atom stereocenters. The minimum atomic E-state index is -1.02. The standard InChI is InChI=1S/C23H23NO6/c1-28-23(27)19-10-7-17(8-11-19)9-12-20(25)30-21(18-5-3-2-4-6-18)22(26)24-13-15-29-16-14-24/h2-12,21H,13-16H2,1H3/b12-9+/t21-/m0/s1. The fraction of sp³-hybridized carbons (Fsp3) is 0.261. The summed E-state index contributed by atoms with van der Waals surface area (Å²) >= 11 is 0. The van der Waals surface area contributed by atoms with E-state index in [0.717, 1.165) is 0 Å². The van der Waals surface area contributed by atoms with Gasteiger partial charge in [0.2, 0.25) is 6.10 Å². The summed E-state index contributed by atoms with van der Waals surface area (Å²) in [6, 6.07) is 15.5. The molecule has 1 fully saturated rings. The first-order valence-corrected chi connectivity index (χ1v) is 9.57. The minimum absolute atomic E-state index is 0.270. The van der Waals surface area contributed by atoms with Crippen LogP contribution in [0, 0.1) is 0 Å². The third-order valence-corrected chi connectivity index (χ3v) is 4.63. The molecular weight excluding hydrogens is 386 g/mol. The van der Waals surface area contributed by atoms with Gasteiger partial charge < -0.3 is 19.1 Å². The lowest BCUT2D eigenvalue weighted by Crippen LogP contribution is -2.44. The zero-order valence-electron chi connectivity index (χ0n) is 16.7. The van der Waals surface area contributed by atoms with Gasteiger partial charge in [-0.3, -0.25) is 4.79 Å². The third kappa shape index (κ3) is 5.55. The molecule has 2 aromatic rings. The summed E-state index contributed by atoms with van der Waals surface area (Å²) < 4.78 is 15.5. The van der Waals surface area contributed by atoms with E-state index in [9.17, 15) is 14.4 Å². The van der Waals surface area contributed by atoms with Crippen molar-refractivity contribution in [2.24, 2.45) is 0 Å². The number of carbonyl (C=O) groups excluding carboxylic acids is 3. The van der Waals surface area contributed by atoms with Crippen molar-refractivity contribution < 1.29 is 28.6 Å². The van der Waals surface area contributed by atoms with Gasteiger partial charge in [0.15, 0.2) is 0 Å². The normalized spacial score (nSPS) is 14.9. The second-order valence-corrected chi connectivity index (χ2v) is 6.61. The van der Waals surface area contributed by atoms with E-state index in [1.165, 1.54) is 13.2 Å². The second kappa shape index (κ2) is 10.4. The lowest BCUT2D eigenvalue weighted by Gasteiger charge is -2.30. The lowest BCUT2D eigenvalue weighted by molar-refractivity contribution is -0.159. The summed E-state index contributed by atoms with van der Waals surface area (Å²) in [6.45, 7) is 1.84. The first kappa shape index (κ1) is 21.3. The summed E-state index contributed by atoms with van der Waals surface area (Å²) in [5, 5.41) is 0. The van der Waals surface area contributed by atoms with Crippen LogP contribution in [0.2, 0.25) is 0 Å². The molecule has 3 rings (SSSR count). The molecule has 0 bridgehead atoms. The van der Waals surface area contributed by atoms with Gasteiger partial charge >= 0.3 is 11.9 Å². The summed E-state index contributed by atoms with van der Waals surface area (Å²) in [7, 11) is 1.31. The minimum Gasteiger partial charge on any atom is -0.465 e. The number of amides is 1. The predicted molar refractivity (Wildman–Crippen MR) is 109 cm³/mol. The molecule has 156 valence electrons. The first-order chi connectivity index (χ1) is 14.6. The van der Waals surface area contributed by atoms with Crippen molar-refractivity contribution in [3.05, 3.63) is 77.4 Å². The molecule has 0 spiro atoms. The third-order valence-electron chi connectivity index (χ3n) is 4.63. The first-order valence-electron chi connectivity index (χ1n) is 9.57. The molecule has 0 N–H and O–H groups in total. The van der Waals surface area contributed by atoms with Gasteiger partial charge in [0.05, 0.1) is 25.9 Å². The highest BCUT2D eigenvalue weighted by molar-refractivity contribution is 5.92. The molecule has 30 heavy (non-hydrogen) atoms. The summed E-state index contributed by atoms with van der Waals surface area (Å²) in [5.41, 5.74) is 1.73. The van der Waals surface area contributed by atoms with Crippen LogP contribution in [0.3, 0.4) is 0 Å². The molecule has 0 aromatic heterocycles. The highest BCUT2D eigenvalue weighted by Gasteiger charge is 2.29. The van der Waals surface area contributed by atoms with Crippen LogP contribution < -0.4 is 0 Å². The average molecular weight is 409 g/mol. The van der Waals surface area contributed by atoms with Crippen LogP contribution in [0.1, 0.15) is 27.6 Å². The highest BCUT2D eigenvalue weighted by atomic mass is 16.5. The van der Waals surface area contributed by atoms with Crippen molar-refractivity contribution in [1.82, 2.24) is 4.90 Å². The molecular formula is C23H23NO6. The van der Waals surface area contributed by atoms with Gasteiger partial charge in [0, 0.05) is 24.7 Å². The van der Waals surface area contributed by atoms with Gasteiger partial charge in [-0.15, -0.1) is 0 Å². The molecule has 0 unspecified atom stereocenters. The van der Waals surface area contributed by atoms with E-state index in [1.807, 2.05) is 6.07 Å². The number of morpholine rings is 1. The molecule has 0 saturated carbocycles.